The first-order valence-corrected chi connectivity index (χ1v) is 6.49. The summed E-state index contributed by atoms with van der Waals surface area (Å²) in [7, 11) is 0. The molecule has 0 bridgehead atoms. The van der Waals surface area contributed by atoms with E-state index in [1.165, 1.54) is 6.42 Å². The predicted molar refractivity (Wildman–Crippen MR) is 73.0 cm³/mol. The maximum absolute atomic E-state index is 9.97. The molecule has 0 fully saturated rings. The van der Waals surface area contributed by atoms with Crippen LogP contribution in [-0.4, -0.2) is 18.2 Å². The van der Waals surface area contributed by atoms with Crippen molar-refractivity contribution in [2.24, 2.45) is 5.41 Å². The zero-order valence-electron chi connectivity index (χ0n) is 11.2. The van der Waals surface area contributed by atoms with Crippen LogP contribution in [-0.2, 0) is 0 Å². The SMILES string of the molecule is CCC(C)(C)CNCC[C@@H](O)c1ccccc1. The van der Waals surface area contributed by atoms with Crippen molar-refractivity contribution in [2.45, 2.75) is 39.7 Å². The molecule has 1 aromatic rings. The minimum absolute atomic E-state index is 0.345. The highest BCUT2D eigenvalue weighted by atomic mass is 16.3. The Hall–Kier alpha value is -0.860. The molecule has 0 amide bonds. The van der Waals surface area contributed by atoms with Crippen LogP contribution >= 0.6 is 0 Å². The van der Waals surface area contributed by atoms with Gasteiger partial charge in [0.15, 0.2) is 0 Å². The lowest BCUT2D eigenvalue weighted by molar-refractivity contribution is 0.165. The molecule has 0 aliphatic rings. The molecule has 96 valence electrons. The van der Waals surface area contributed by atoms with Crippen molar-refractivity contribution in [1.29, 1.82) is 0 Å². The van der Waals surface area contributed by atoms with Gasteiger partial charge in [-0.25, -0.2) is 0 Å². The van der Waals surface area contributed by atoms with Gasteiger partial charge < -0.3 is 10.4 Å². The van der Waals surface area contributed by atoms with Crippen LogP contribution in [0.1, 0.15) is 45.3 Å². The number of aliphatic hydroxyl groups excluding tert-OH is 1. The zero-order valence-corrected chi connectivity index (χ0v) is 11.2. The Balaban J connectivity index is 2.24. The monoisotopic (exact) mass is 235 g/mol. The molecule has 2 heteroatoms. The molecule has 0 aromatic heterocycles. The first-order valence-electron chi connectivity index (χ1n) is 6.49. The van der Waals surface area contributed by atoms with Gasteiger partial charge >= 0.3 is 0 Å². The summed E-state index contributed by atoms with van der Waals surface area (Å²) in [6.45, 7) is 8.59. The van der Waals surface area contributed by atoms with Gasteiger partial charge in [0.25, 0.3) is 0 Å². The average Bonchev–Trinajstić information content (AvgIpc) is 2.35. The molecule has 17 heavy (non-hydrogen) atoms. The summed E-state index contributed by atoms with van der Waals surface area (Å²) in [5.74, 6) is 0. The Morgan fingerprint density at radius 2 is 1.88 bits per heavy atom. The van der Waals surface area contributed by atoms with Crippen LogP contribution in [0.4, 0.5) is 0 Å². The van der Waals surface area contributed by atoms with Crippen LogP contribution in [0.25, 0.3) is 0 Å². The van der Waals surface area contributed by atoms with Gasteiger partial charge in [0, 0.05) is 6.54 Å². The third kappa shape index (κ3) is 5.33. The van der Waals surface area contributed by atoms with Gasteiger partial charge in [0.05, 0.1) is 6.10 Å². The summed E-state index contributed by atoms with van der Waals surface area (Å²) >= 11 is 0. The summed E-state index contributed by atoms with van der Waals surface area (Å²) in [6.07, 6.45) is 1.58. The number of rotatable bonds is 7. The van der Waals surface area contributed by atoms with Crippen LogP contribution in [0.3, 0.4) is 0 Å². The van der Waals surface area contributed by atoms with Crippen molar-refractivity contribution in [1.82, 2.24) is 5.32 Å². The molecule has 0 saturated carbocycles. The van der Waals surface area contributed by atoms with E-state index in [-0.39, 0.29) is 6.10 Å². The Bertz CT molecular complexity index is 308. The van der Waals surface area contributed by atoms with Crippen molar-refractivity contribution in [3.8, 4) is 0 Å². The van der Waals surface area contributed by atoms with Gasteiger partial charge in [0.1, 0.15) is 0 Å². The molecule has 2 nitrogen and oxygen atoms in total. The number of nitrogens with one attached hydrogen (secondary N) is 1. The first kappa shape index (κ1) is 14.2. The minimum Gasteiger partial charge on any atom is -0.388 e. The van der Waals surface area contributed by atoms with E-state index in [1.54, 1.807) is 0 Å². The maximum atomic E-state index is 9.97. The summed E-state index contributed by atoms with van der Waals surface area (Å²) in [5.41, 5.74) is 1.35. The lowest BCUT2D eigenvalue weighted by Crippen LogP contribution is -2.30. The number of hydrogen-bond donors (Lipinski definition) is 2. The lowest BCUT2D eigenvalue weighted by atomic mass is 9.90. The van der Waals surface area contributed by atoms with E-state index < -0.39 is 0 Å². The van der Waals surface area contributed by atoms with Crippen LogP contribution in [0, 0.1) is 5.41 Å². The van der Waals surface area contributed by atoms with E-state index in [9.17, 15) is 5.11 Å². The van der Waals surface area contributed by atoms with Crippen molar-refractivity contribution < 1.29 is 5.11 Å². The number of aliphatic hydroxyl groups is 1. The van der Waals surface area contributed by atoms with Crippen molar-refractivity contribution in [2.75, 3.05) is 13.1 Å². The quantitative estimate of drug-likeness (QED) is 0.712. The Morgan fingerprint density at radius 1 is 1.24 bits per heavy atom. The van der Waals surface area contributed by atoms with Crippen molar-refractivity contribution in [3.63, 3.8) is 0 Å². The second kappa shape index (κ2) is 6.77. The first-order chi connectivity index (χ1) is 8.05. The Morgan fingerprint density at radius 3 is 2.47 bits per heavy atom. The van der Waals surface area contributed by atoms with E-state index in [2.05, 4.69) is 26.1 Å². The van der Waals surface area contributed by atoms with Crippen LogP contribution in [0.15, 0.2) is 30.3 Å². The van der Waals surface area contributed by atoms with Gasteiger partial charge in [-0.15, -0.1) is 0 Å². The molecular formula is C15H25NO. The molecule has 0 aliphatic carbocycles. The largest absolute Gasteiger partial charge is 0.388 e. The van der Waals surface area contributed by atoms with E-state index in [0.29, 0.717) is 5.41 Å². The molecule has 0 heterocycles. The summed E-state index contributed by atoms with van der Waals surface area (Å²) in [4.78, 5) is 0. The molecule has 0 aliphatic heterocycles. The molecule has 0 spiro atoms. The molecule has 0 unspecified atom stereocenters. The highest BCUT2D eigenvalue weighted by Gasteiger charge is 2.14. The van der Waals surface area contributed by atoms with Gasteiger partial charge in [-0.1, -0.05) is 51.1 Å². The summed E-state index contributed by atoms with van der Waals surface area (Å²) in [5, 5.41) is 13.4. The summed E-state index contributed by atoms with van der Waals surface area (Å²) in [6, 6.07) is 9.85. The van der Waals surface area contributed by atoms with Gasteiger partial charge in [-0.05, 0) is 30.4 Å². The maximum Gasteiger partial charge on any atom is 0.0802 e. The molecule has 0 saturated heterocycles. The van der Waals surface area contributed by atoms with Crippen LogP contribution < -0.4 is 5.32 Å². The lowest BCUT2D eigenvalue weighted by Gasteiger charge is -2.23. The fraction of sp³-hybridized carbons (Fsp3) is 0.600. The molecule has 1 atom stereocenters. The fourth-order valence-electron chi connectivity index (χ4n) is 1.63. The topological polar surface area (TPSA) is 32.3 Å². The standard InChI is InChI=1S/C15H25NO/c1-4-15(2,3)12-16-11-10-14(17)13-8-6-5-7-9-13/h5-9,14,16-17H,4,10-12H2,1-3H3/t14-/m1/s1. The zero-order chi connectivity index (χ0) is 12.7. The van der Waals surface area contributed by atoms with Gasteiger partial charge in [0.2, 0.25) is 0 Å². The van der Waals surface area contributed by atoms with Crippen LogP contribution in [0.2, 0.25) is 0 Å². The predicted octanol–water partition coefficient (Wildman–Crippen LogP) is 3.14. The number of benzene rings is 1. The van der Waals surface area contributed by atoms with E-state index >= 15 is 0 Å². The van der Waals surface area contributed by atoms with Gasteiger partial charge in [-0.2, -0.15) is 0 Å². The Labute approximate surface area is 105 Å². The third-order valence-corrected chi connectivity index (χ3v) is 3.34. The fourth-order valence-corrected chi connectivity index (χ4v) is 1.63. The van der Waals surface area contributed by atoms with E-state index in [1.807, 2.05) is 30.3 Å². The smallest absolute Gasteiger partial charge is 0.0802 e. The molecule has 0 radical (unpaired) electrons. The van der Waals surface area contributed by atoms with Crippen LogP contribution in [0.5, 0.6) is 0 Å². The average molecular weight is 235 g/mol. The molecule has 1 aromatic carbocycles. The normalized spacial score (nSPS) is 13.6. The number of hydrogen-bond acceptors (Lipinski definition) is 2. The Kier molecular flexibility index (Phi) is 5.66. The molecule has 2 N–H and O–H groups in total. The van der Waals surface area contributed by atoms with E-state index in [0.717, 1.165) is 25.1 Å². The third-order valence-electron chi connectivity index (χ3n) is 3.34. The van der Waals surface area contributed by atoms with Crippen molar-refractivity contribution in [3.05, 3.63) is 35.9 Å². The highest BCUT2D eigenvalue weighted by molar-refractivity contribution is 5.17. The second-order valence-electron chi connectivity index (χ2n) is 5.41. The van der Waals surface area contributed by atoms with Gasteiger partial charge in [-0.3, -0.25) is 0 Å². The highest BCUT2D eigenvalue weighted by Crippen LogP contribution is 2.18. The molecule has 1 rings (SSSR count). The van der Waals surface area contributed by atoms with Crippen molar-refractivity contribution >= 4 is 0 Å². The summed E-state index contributed by atoms with van der Waals surface area (Å²) < 4.78 is 0. The molecular weight excluding hydrogens is 210 g/mol. The second-order valence-corrected chi connectivity index (χ2v) is 5.41. The minimum atomic E-state index is -0.353. The van der Waals surface area contributed by atoms with E-state index in [4.69, 9.17) is 0 Å².